The number of aliphatic imine (C=N–C) groups is 1. The summed E-state index contributed by atoms with van der Waals surface area (Å²) in [6.45, 7) is 5.45. The molecule has 22 heavy (non-hydrogen) atoms. The number of likely N-dealkylation sites (N-methyl/N-ethyl adjacent to an activating group) is 1. The molecule has 2 N–H and O–H groups in total. The van der Waals surface area contributed by atoms with Gasteiger partial charge in [0.05, 0.1) is 6.10 Å². The number of ether oxygens (including phenoxy) is 1. The summed E-state index contributed by atoms with van der Waals surface area (Å²) >= 11 is 2.04. The summed E-state index contributed by atoms with van der Waals surface area (Å²) in [5, 5.41) is 7.12. The molecule has 2 aliphatic rings. The molecule has 0 aromatic heterocycles. The summed E-state index contributed by atoms with van der Waals surface area (Å²) in [5.74, 6) is 3.34. The van der Waals surface area contributed by atoms with Crippen LogP contribution in [0, 0.1) is 5.41 Å². The van der Waals surface area contributed by atoms with Gasteiger partial charge >= 0.3 is 0 Å². The zero-order valence-corrected chi connectivity index (χ0v) is 15.7. The Bertz CT molecular complexity index is 405. The van der Waals surface area contributed by atoms with E-state index in [9.17, 15) is 0 Å². The van der Waals surface area contributed by atoms with E-state index in [2.05, 4.69) is 48.5 Å². The van der Waals surface area contributed by atoms with Gasteiger partial charge in [-0.3, -0.25) is 4.99 Å². The zero-order valence-electron chi connectivity index (χ0n) is 14.9. The molecule has 0 amide bonds. The summed E-state index contributed by atoms with van der Waals surface area (Å²) in [7, 11) is 8.01. The second-order valence-corrected chi connectivity index (χ2v) is 8.43. The Morgan fingerprint density at radius 2 is 2.14 bits per heavy atom. The van der Waals surface area contributed by atoms with Crippen LogP contribution in [0.2, 0.25) is 0 Å². The van der Waals surface area contributed by atoms with Crippen molar-refractivity contribution in [1.29, 1.82) is 0 Å². The second kappa shape index (κ2) is 6.97. The first kappa shape index (κ1) is 17.9. The molecule has 1 heterocycles. The maximum absolute atomic E-state index is 5.53. The van der Waals surface area contributed by atoms with Gasteiger partial charge in [-0.05, 0) is 32.7 Å². The van der Waals surface area contributed by atoms with Gasteiger partial charge in [0.2, 0.25) is 0 Å². The first-order valence-electron chi connectivity index (χ1n) is 8.11. The molecule has 0 bridgehead atoms. The van der Waals surface area contributed by atoms with Crippen LogP contribution >= 0.6 is 11.8 Å². The molecule has 2 rings (SSSR count). The second-order valence-electron chi connectivity index (χ2n) is 7.33. The van der Waals surface area contributed by atoms with E-state index in [1.165, 1.54) is 17.9 Å². The van der Waals surface area contributed by atoms with Crippen molar-refractivity contribution in [3.63, 3.8) is 0 Å². The van der Waals surface area contributed by atoms with Crippen LogP contribution in [0.5, 0.6) is 0 Å². The number of hydrogen-bond donors (Lipinski definition) is 2. The van der Waals surface area contributed by atoms with Crippen LogP contribution < -0.4 is 10.6 Å². The highest BCUT2D eigenvalue weighted by atomic mass is 32.2. The molecule has 0 radical (unpaired) electrons. The largest absolute Gasteiger partial charge is 0.381 e. The fraction of sp³-hybridized carbons (Fsp3) is 0.938. The number of nitrogens with zero attached hydrogens (tertiary/aromatic N) is 2. The molecule has 0 spiro atoms. The van der Waals surface area contributed by atoms with Crippen molar-refractivity contribution in [3.05, 3.63) is 0 Å². The first-order chi connectivity index (χ1) is 10.4. The smallest absolute Gasteiger partial charge is 0.191 e. The van der Waals surface area contributed by atoms with E-state index in [1.807, 2.05) is 18.8 Å². The van der Waals surface area contributed by atoms with Crippen LogP contribution in [0.3, 0.4) is 0 Å². The topological polar surface area (TPSA) is 48.9 Å². The van der Waals surface area contributed by atoms with E-state index < -0.39 is 0 Å². The summed E-state index contributed by atoms with van der Waals surface area (Å²) in [6.07, 6.45) is 2.61. The summed E-state index contributed by atoms with van der Waals surface area (Å²) < 4.78 is 5.53. The summed E-state index contributed by atoms with van der Waals surface area (Å²) in [5.41, 5.74) is 0.390. The van der Waals surface area contributed by atoms with E-state index in [-0.39, 0.29) is 11.0 Å². The average molecular weight is 329 g/mol. The minimum Gasteiger partial charge on any atom is -0.381 e. The normalized spacial score (nSPS) is 34.6. The molecular formula is C16H32N4OS. The Morgan fingerprint density at radius 1 is 1.41 bits per heavy atom. The minimum absolute atomic E-state index is 0.148. The lowest BCUT2D eigenvalue weighted by Crippen LogP contribution is -2.64. The number of nitrogens with one attached hydrogen (secondary N) is 2. The molecule has 6 heteroatoms. The highest BCUT2D eigenvalue weighted by Crippen LogP contribution is 2.42. The molecule has 1 aliphatic heterocycles. The van der Waals surface area contributed by atoms with Gasteiger partial charge in [0.25, 0.3) is 0 Å². The number of rotatable bonds is 5. The first-order valence-corrected chi connectivity index (χ1v) is 9.26. The van der Waals surface area contributed by atoms with E-state index >= 15 is 0 Å². The molecule has 0 aromatic carbocycles. The highest BCUT2D eigenvalue weighted by Gasteiger charge is 2.49. The van der Waals surface area contributed by atoms with Crippen LogP contribution in [-0.4, -0.2) is 74.8 Å². The molecule has 128 valence electrons. The monoisotopic (exact) mass is 328 g/mol. The SMILES string of the molecule is CN=C(NCC1(N(C)C)CCSC1)NC1CC(OC)C1(C)C. The molecule has 2 fully saturated rings. The summed E-state index contributed by atoms with van der Waals surface area (Å²) in [6, 6.07) is 0.414. The molecule has 1 aliphatic carbocycles. The standard InChI is InChI=1S/C16H32N4OS/c1-15(2)12(9-13(15)21-6)19-14(17-3)18-10-16(20(4)5)7-8-22-11-16/h12-13H,7-11H2,1-6H3,(H2,17,18,19). The van der Waals surface area contributed by atoms with Crippen LogP contribution in [0.25, 0.3) is 0 Å². The Kier molecular flexibility index (Phi) is 5.67. The molecule has 5 nitrogen and oxygen atoms in total. The third-order valence-corrected chi connectivity index (χ3v) is 6.85. The van der Waals surface area contributed by atoms with Crippen LogP contribution in [-0.2, 0) is 4.74 Å². The molecule has 1 saturated heterocycles. The number of thioether (sulfide) groups is 1. The Labute approximate surface area is 139 Å². The summed E-state index contributed by atoms with van der Waals surface area (Å²) in [4.78, 5) is 6.77. The third kappa shape index (κ3) is 3.39. The predicted octanol–water partition coefficient (Wildman–Crippen LogP) is 1.40. The van der Waals surface area contributed by atoms with Gasteiger partial charge in [0.15, 0.2) is 5.96 Å². The Hall–Kier alpha value is -0.460. The number of methoxy groups -OCH3 is 1. The van der Waals surface area contributed by atoms with Crippen LogP contribution in [0.4, 0.5) is 0 Å². The molecule has 3 unspecified atom stereocenters. The fourth-order valence-electron chi connectivity index (χ4n) is 3.38. The quantitative estimate of drug-likeness (QED) is 0.590. The number of hydrogen-bond acceptors (Lipinski definition) is 4. The predicted molar refractivity (Wildman–Crippen MR) is 95.8 cm³/mol. The lowest BCUT2D eigenvalue weighted by Gasteiger charge is -2.51. The van der Waals surface area contributed by atoms with E-state index in [4.69, 9.17) is 4.74 Å². The van der Waals surface area contributed by atoms with Crippen molar-refractivity contribution in [3.8, 4) is 0 Å². The van der Waals surface area contributed by atoms with Crippen LogP contribution in [0.1, 0.15) is 26.7 Å². The van der Waals surface area contributed by atoms with Gasteiger partial charge in [0, 0.05) is 43.5 Å². The van der Waals surface area contributed by atoms with Gasteiger partial charge in [-0.15, -0.1) is 0 Å². The van der Waals surface area contributed by atoms with Crippen molar-refractivity contribution in [2.75, 3.05) is 46.3 Å². The van der Waals surface area contributed by atoms with Gasteiger partial charge in [-0.2, -0.15) is 11.8 Å². The van der Waals surface area contributed by atoms with Crippen molar-refractivity contribution in [2.24, 2.45) is 10.4 Å². The van der Waals surface area contributed by atoms with E-state index in [0.717, 1.165) is 18.9 Å². The molecule has 3 atom stereocenters. The van der Waals surface area contributed by atoms with Gasteiger partial charge in [-0.25, -0.2) is 0 Å². The maximum atomic E-state index is 5.53. The third-order valence-electron chi connectivity index (χ3n) is 5.61. The Balaban J connectivity index is 1.89. The van der Waals surface area contributed by atoms with E-state index in [0.29, 0.717) is 12.1 Å². The minimum atomic E-state index is 0.148. The fourth-order valence-corrected chi connectivity index (χ4v) is 4.94. The molecule has 1 saturated carbocycles. The van der Waals surface area contributed by atoms with Gasteiger partial charge < -0.3 is 20.3 Å². The average Bonchev–Trinajstić information content (AvgIpc) is 2.96. The van der Waals surface area contributed by atoms with Crippen molar-refractivity contribution < 1.29 is 4.74 Å². The van der Waals surface area contributed by atoms with Gasteiger partial charge in [0.1, 0.15) is 0 Å². The highest BCUT2D eigenvalue weighted by molar-refractivity contribution is 7.99. The van der Waals surface area contributed by atoms with E-state index in [1.54, 1.807) is 7.11 Å². The Morgan fingerprint density at radius 3 is 2.59 bits per heavy atom. The lowest BCUT2D eigenvalue weighted by molar-refractivity contribution is -0.0922. The van der Waals surface area contributed by atoms with Crippen LogP contribution in [0.15, 0.2) is 4.99 Å². The lowest BCUT2D eigenvalue weighted by atomic mass is 9.64. The zero-order chi connectivity index (χ0) is 16.4. The molecular weight excluding hydrogens is 296 g/mol. The van der Waals surface area contributed by atoms with Gasteiger partial charge in [-0.1, -0.05) is 13.8 Å². The van der Waals surface area contributed by atoms with Crippen molar-refractivity contribution in [2.45, 2.75) is 44.4 Å². The van der Waals surface area contributed by atoms with Crippen molar-refractivity contribution >= 4 is 17.7 Å². The molecule has 0 aromatic rings. The van der Waals surface area contributed by atoms with Crippen molar-refractivity contribution in [1.82, 2.24) is 15.5 Å². The number of guanidine groups is 1. The maximum Gasteiger partial charge on any atom is 0.191 e.